The van der Waals surface area contributed by atoms with Crippen molar-refractivity contribution in [1.82, 2.24) is 24.8 Å². The SMILES string of the molecule is CNc1nc(C)c(-c2ccnc(Nc3ccc(N4CCN(C)CC4)cn3)n2)s1. The van der Waals surface area contributed by atoms with E-state index in [1.54, 1.807) is 17.5 Å². The van der Waals surface area contributed by atoms with Gasteiger partial charge in [0.25, 0.3) is 0 Å². The standard InChI is InChI=1S/C19H24N8S/c1-13-17(28-19(20-2)23-13)15-6-7-21-18(24-15)25-16-5-4-14(12-22-16)27-10-8-26(3)9-11-27/h4-7,12H,8-11H2,1-3H3,(H,20,23)(H,21,22,24,25). The number of aromatic nitrogens is 4. The molecule has 0 unspecified atom stereocenters. The van der Waals surface area contributed by atoms with Crippen molar-refractivity contribution in [2.75, 3.05) is 55.8 Å². The fourth-order valence-electron chi connectivity index (χ4n) is 3.11. The van der Waals surface area contributed by atoms with E-state index < -0.39 is 0 Å². The van der Waals surface area contributed by atoms with E-state index in [9.17, 15) is 0 Å². The number of anilines is 4. The summed E-state index contributed by atoms with van der Waals surface area (Å²) in [7, 11) is 4.02. The average molecular weight is 397 g/mol. The highest BCUT2D eigenvalue weighted by Crippen LogP contribution is 2.31. The molecule has 0 aliphatic carbocycles. The topological polar surface area (TPSA) is 82.1 Å². The van der Waals surface area contributed by atoms with Crippen molar-refractivity contribution >= 4 is 33.9 Å². The van der Waals surface area contributed by atoms with Gasteiger partial charge in [0.05, 0.1) is 28.1 Å². The molecular weight excluding hydrogens is 372 g/mol. The van der Waals surface area contributed by atoms with Crippen LogP contribution >= 0.6 is 11.3 Å². The predicted octanol–water partition coefficient (Wildman–Crippen LogP) is 2.84. The Bertz CT molecular complexity index is 931. The molecule has 0 bridgehead atoms. The average Bonchev–Trinajstić information content (AvgIpc) is 3.10. The number of pyridine rings is 1. The summed E-state index contributed by atoms with van der Waals surface area (Å²) < 4.78 is 0. The van der Waals surface area contributed by atoms with Gasteiger partial charge in [-0.15, -0.1) is 0 Å². The summed E-state index contributed by atoms with van der Waals surface area (Å²) >= 11 is 1.58. The first-order valence-corrected chi connectivity index (χ1v) is 10.1. The molecule has 3 aromatic heterocycles. The van der Waals surface area contributed by atoms with Gasteiger partial charge < -0.3 is 20.4 Å². The number of likely N-dealkylation sites (N-methyl/N-ethyl adjacent to an activating group) is 1. The molecule has 3 aromatic rings. The predicted molar refractivity (Wildman–Crippen MR) is 115 cm³/mol. The lowest BCUT2D eigenvalue weighted by Gasteiger charge is -2.33. The van der Waals surface area contributed by atoms with Crippen molar-refractivity contribution in [3.63, 3.8) is 0 Å². The molecule has 0 spiro atoms. The van der Waals surface area contributed by atoms with E-state index in [0.29, 0.717) is 5.95 Å². The van der Waals surface area contributed by atoms with Gasteiger partial charge in [-0.2, -0.15) is 0 Å². The fraction of sp³-hybridized carbons (Fsp3) is 0.368. The number of nitrogens with one attached hydrogen (secondary N) is 2. The van der Waals surface area contributed by atoms with Crippen LogP contribution in [-0.2, 0) is 0 Å². The molecule has 1 fully saturated rings. The van der Waals surface area contributed by atoms with Crippen LogP contribution in [0, 0.1) is 6.92 Å². The lowest BCUT2D eigenvalue weighted by atomic mass is 10.3. The van der Waals surface area contributed by atoms with Gasteiger partial charge in [-0.25, -0.2) is 19.9 Å². The Morgan fingerprint density at radius 2 is 1.86 bits per heavy atom. The van der Waals surface area contributed by atoms with Crippen LogP contribution in [-0.4, -0.2) is 65.1 Å². The Kier molecular flexibility index (Phi) is 5.36. The molecule has 0 radical (unpaired) electrons. The van der Waals surface area contributed by atoms with Crippen molar-refractivity contribution in [3.8, 4) is 10.6 Å². The van der Waals surface area contributed by atoms with Crippen LogP contribution < -0.4 is 15.5 Å². The van der Waals surface area contributed by atoms with E-state index in [4.69, 9.17) is 0 Å². The maximum absolute atomic E-state index is 4.63. The molecule has 28 heavy (non-hydrogen) atoms. The third-order valence-corrected chi connectivity index (χ3v) is 5.95. The van der Waals surface area contributed by atoms with Crippen molar-refractivity contribution in [3.05, 3.63) is 36.3 Å². The summed E-state index contributed by atoms with van der Waals surface area (Å²) in [6.07, 6.45) is 3.66. The van der Waals surface area contributed by atoms with E-state index in [2.05, 4.69) is 53.5 Å². The molecule has 1 saturated heterocycles. The third kappa shape index (κ3) is 4.05. The molecule has 0 saturated carbocycles. The summed E-state index contributed by atoms with van der Waals surface area (Å²) in [6, 6.07) is 5.97. The van der Waals surface area contributed by atoms with Crippen LogP contribution in [0.3, 0.4) is 0 Å². The largest absolute Gasteiger partial charge is 0.368 e. The Labute approximate surface area is 168 Å². The zero-order valence-electron chi connectivity index (χ0n) is 16.3. The molecule has 0 amide bonds. The van der Waals surface area contributed by atoms with Crippen LogP contribution in [0.25, 0.3) is 10.6 Å². The lowest BCUT2D eigenvalue weighted by molar-refractivity contribution is 0.313. The maximum atomic E-state index is 4.63. The van der Waals surface area contributed by atoms with E-state index in [1.165, 1.54) is 0 Å². The molecule has 1 aliphatic rings. The summed E-state index contributed by atoms with van der Waals surface area (Å²) in [4.78, 5) is 23.7. The van der Waals surface area contributed by atoms with Gasteiger partial charge in [0, 0.05) is 39.4 Å². The first-order chi connectivity index (χ1) is 13.6. The molecule has 1 aliphatic heterocycles. The zero-order valence-corrected chi connectivity index (χ0v) is 17.1. The summed E-state index contributed by atoms with van der Waals surface area (Å²) in [6.45, 7) is 6.19. The Morgan fingerprint density at radius 3 is 2.54 bits per heavy atom. The van der Waals surface area contributed by atoms with Gasteiger partial charge in [-0.05, 0) is 32.2 Å². The van der Waals surface area contributed by atoms with Crippen LogP contribution in [0.5, 0.6) is 0 Å². The molecule has 4 rings (SSSR count). The number of thiazole rings is 1. The number of rotatable bonds is 5. The molecular formula is C19H24N8S. The summed E-state index contributed by atoms with van der Waals surface area (Å²) in [5.74, 6) is 1.25. The second-order valence-electron chi connectivity index (χ2n) is 6.77. The maximum Gasteiger partial charge on any atom is 0.228 e. The van der Waals surface area contributed by atoms with E-state index >= 15 is 0 Å². The minimum atomic E-state index is 0.524. The van der Waals surface area contributed by atoms with Gasteiger partial charge in [0.1, 0.15) is 5.82 Å². The molecule has 2 N–H and O–H groups in total. The van der Waals surface area contributed by atoms with Crippen molar-refractivity contribution < 1.29 is 0 Å². The first-order valence-electron chi connectivity index (χ1n) is 9.27. The second-order valence-corrected chi connectivity index (χ2v) is 7.77. The van der Waals surface area contributed by atoms with E-state index in [0.717, 1.165) is 59.1 Å². The van der Waals surface area contributed by atoms with Crippen molar-refractivity contribution in [2.24, 2.45) is 0 Å². The van der Waals surface area contributed by atoms with Crippen LogP contribution in [0.1, 0.15) is 5.69 Å². The van der Waals surface area contributed by atoms with Gasteiger partial charge in [0.2, 0.25) is 5.95 Å². The van der Waals surface area contributed by atoms with E-state index in [1.807, 2.05) is 32.3 Å². The normalized spacial score (nSPS) is 14.9. The number of nitrogens with zero attached hydrogens (tertiary/aromatic N) is 6. The Balaban J connectivity index is 1.48. The number of hydrogen-bond donors (Lipinski definition) is 2. The van der Waals surface area contributed by atoms with Crippen molar-refractivity contribution in [2.45, 2.75) is 6.92 Å². The highest BCUT2D eigenvalue weighted by atomic mass is 32.1. The van der Waals surface area contributed by atoms with Crippen molar-refractivity contribution in [1.29, 1.82) is 0 Å². The Hall–Kier alpha value is -2.78. The van der Waals surface area contributed by atoms with E-state index in [-0.39, 0.29) is 0 Å². The Morgan fingerprint density at radius 1 is 1.04 bits per heavy atom. The van der Waals surface area contributed by atoms with Crippen LogP contribution in [0.15, 0.2) is 30.6 Å². The highest BCUT2D eigenvalue weighted by Gasteiger charge is 2.15. The van der Waals surface area contributed by atoms with Gasteiger partial charge in [-0.1, -0.05) is 11.3 Å². The molecule has 9 heteroatoms. The van der Waals surface area contributed by atoms with Crippen LogP contribution in [0.4, 0.5) is 22.6 Å². The first kappa shape index (κ1) is 18.6. The number of aryl methyl sites for hydroxylation is 1. The number of piperazine rings is 1. The zero-order chi connectivity index (χ0) is 19.5. The molecule has 146 valence electrons. The number of hydrogen-bond acceptors (Lipinski definition) is 9. The smallest absolute Gasteiger partial charge is 0.228 e. The molecule has 4 heterocycles. The van der Waals surface area contributed by atoms with Gasteiger partial charge in [-0.3, -0.25) is 0 Å². The minimum absolute atomic E-state index is 0.524. The summed E-state index contributed by atoms with van der Waals surface area (Å²) in [5, 5.41) is 7.16. The monoisotopic (exact) mass is 396 g/mol. The molecule has 0 atom stereocenters. The fourth-order valence-corrected chi connectivity index (χ4v) is 4.00. The van der Waals surface area contributed by atoms with Gasteiger partial charge in [0.15, 0.2) is 5.13 Å². The lowest BCUT2D eigenvalue weighted by Crippen LogP contribution is -2.44. The second kappa shape index (κ2) is 8.07. The van der Waals surface area contributed by atoms with Gasteiger partial charge >= 0.3 is 0 Å². The third-order valence-electron chi connectivity index (χ3n) is 4.75. The highest BCUT2D eigenvalue weighted by molar-refractivity contribution is 7.19. The quantitative estimate of drug-likeness (QED) is 0.681. The summed E-state index contributed by atoms with van der Waals surface area (Å²) in [5.41, 5.74) is 2.95. The minimum Gasteiger partial charge on any atom is -0.368 e. The molecule has 8 nitrogen and oxygen atoms in total. The molecule has 0 aromatic carbocycles. The van der Waals surface area contributed by atoms with Crippen LogP contribution in [0.2, 0.25) is 0 Å².